The Bertz CT molecular complexity index is 537. The highest BCUT2D eigenvalue weighted by Crippen LogP contribution is 2.23. The summed E-state index contributed by atoms with van der Waals surface area (Å²) >= 11 is 0. The SMILES string of the molecule is Cc1ccc(C(NN)c2ccc(F)cc2)c(C)n1. The molecule has 0 aliphatic carbocycles. The molecule has 1 atom stereocenters. The van der Waals surface area contributed by atoms with E-state index in [2.05, 4.69) is 10.4 Å². The van der Waals surface area contributed by atoms with Crippen LogP contribution in [-0.4, -0.2) is 4.98 Å². The molecule has 0 saturated heterocycles. The minimum Gasteiger partial charge on any atom is -0.271 e. The van der Waals surface area contributed by atoms with Crippen molar-refractivity contribution in [3.8, 4) is 0 Å². The van der Waals surface area contributed by atoms with Crippen LogP contribution in [0.3, 0.4) is 0 Å². The molecule has 0 amide bonds. The molecule has 2 aromatic rings. The summed E-state index contributed by atoms with van der Waals surface area (Å²) in [5, 5.41) is 0. The number of aryl methyl sites for hydroxylation is 2. The first-order valence-electron chi connectivity index (χ1n) is 5.77. The standard InChI is InChI=1S/C14H16FN3/c1-9-3-8-13(10(2)17-9)14(18-16)11-4-6-12(15)7-5-11/h3-8,14,18H,16H2,1-2H3. The average molecular weight is 245 g/mol. The van der Waals surface area contributed by atoms with Gasteiger partial charge in [0.25, 0.3) is 0 Å². The Balaban J connectivity index is 2.41. The second-order valence-electron chi connectivity index (χ2n) is 4.28. The van der Waals surface area contributed by atoms with Gasteiger partial charge < -0.3 is 0 Å². The van der Waals surface area contributed by atoms with Crippen molar-refractivity contribution >= 4 is 0 Å². The molecule has 0 bridgehead atoms. The monoisotopic (exact) mass is 245 g/mol. The lowest BCUT2D eigenvalue weighted by molar-refractivity contribution is 0.613. The van der Waals surface area contributed by atoms with Crippen molar-refractivity contribution in [1.82, 2.24) is 10.4 Å². The fourth-order valence-corrected chi connectivity index (χ4v) is 2.02. The first-order valence-corrected chi connectivity index (χ1v) is 5.77. The van der Waals surface area contributed by atoms with Crippen LogP contribution in [0.25, 0.3) is 0 Å². The molecule has 0 aliphatic rings. The van der Waals surface area contributed by atoms with Gasteiger partial charge in [0, 0.05) is 11.4 Å². The molecule has 1 aromatic carbocycles. The van der Waals surface area contributed by atoms with E-state index in [1.165, 1.54) is 12.1 Å². The molecule has 0 saturated carbocycles. The van der Waals surface area contributed by atoms with Crippen molar-refractivity contribution in [3.05, 3.63) is 64.7 Å². The number of hydrogen-bond acceptors (Lipinski definition) is 3. The molecule has 0 aliphatic heterocycles. The summed E-state index contributed by atoms with van der Waals surface area (Å²) in [6.07, 6.45) is 0. The van der Waals surface area contributed by atoms with E-state index in [9.17, 15) is 4.39 Å². The molecule has 2 rings (SSSR count). The normalized spacial score (nSPS) is 12.4. The van der Waals surface area contributed by atoms with E-state index in [1.807, 2.05) is 26.0 Å². The fourth-order valence-electron chi connectivity index (χ4n) is 2.02. The Labute approximate surface area is 106 Å². The summed E-state index contributed by atoms with van der Waals surface area (Å²) in [6.45, 7) is 3.88. The third-order valence-electron chi connectivity index (χ3n) is 2.95. The Kier molecular flexibility index (Phi) is 3.69. The number of aromatic nitrogens is 1. The molecule has 1 aromatic heterocycles. The number of halogens is 1. The zero-order valence-corrected chi connectivity index (χ0v) is 10.4. The molecule has 3 nitrogen and oxygen atoms in total. The minimum absolute atomic E-state index is 0.182. The number of rotatable bonds is 3. The van der Waals surface area contributed by atoms with Crippen LogP contribution >= 0.6 is 0 Å². The highest BCUT2D eigenvalue weighted by Gasteiger charge is 2.15. The van der Waals surface area contributed by atoms with Crippen LogP contribution in [0.5, 0.6) is 0 Å². The minimum atomic E-state index is -0.256. The second kappa shape index (κ2) is 5.25. The van der Waals surface area contributed by atoms with E-state index in [0.717, 1.165) is 22.5 Å². The third kappa shape index (κ3) is 2.55. The van der Waals surface area contributed by atoms with Crippen molar-refractivity contribution < 1.29 is 4.39 Å². The van der Waals surface area contributed by atoms with E-state index < -0.39 is 0 Å². The first kappa shape index (κ1) is 12.7. The van der Waals surface area contributed by atoms with Gasteiger partial charge in [-0.25, -0.2) is 9.82 Å². The van der Waals surface area contributed by atoms with Crippen LogP contribution in [0.15, 0.2) is 36.4 Å². The van der Waals surface area contributed by atoms with Gasteiger partial charge in [0.1, 0.15) is 5.82 Å². The van der Waals surface area contributed by atoms with Gasteiger partial charge in [-0.15, -0.1) is 0 Å². The summed E-state index contributed by atoms with van der Waals surface area (Å²) < 4.78 is 12.9. The zero-order chi connectivity index (χ0) is 13.1. The van der Waals surface area contributed by atoms with Crippen LogP contribution in [0.1, 0.15) is 28.6 Å². The van der Waals surface area contributed by atoms with E-state index in [0.29, 0.717) is 0 Å². The van der Waals surface area contributed by atoms with Crippen molar-refractivity contribution in [2.75, 3.05) is 0 Å². The van der Waals surface area contributed by atoms with Crippen LogP contribution in [0.2, 0.25) is 0 Å². The van der Waals surface area contributed by atoms with Gasteiger partial charge in [0.15, 0.2) is 0 Å². The maximum absolute atomic E-state index is 12.9. The predicted octanol–water partition coefficient (Wildman–Crippen LogP) is 2.39. The lowest BCUT2D eigenvalue weighted by Crippen LogP contribution is -2.29. The van der Waals surface area contributed by atoms with Gasteiger partial charge in [-0.3, -0.25) is 10.8 Å². The number of benzene rings is 1. The maximum Gasteiger partial charge on any atom is 0.123 e. The number of pyridine rings is 1. The van der Waals surface area contributed by atoms with Gasteiger partial charge in [-0.2, -0.15) is 0 Å². The molecule has 0 fully saturated rings. The Hall–Kier alpha value is -1.78. The van der Waals surface area contributed by atoms with Crippen molar-refractivity contribution in [2.24, 2.45) is 5.84 Å². The summed E-state index contributed by atoms with van der Waals surface area (Å²) in [4.78, 5) is 4.42. The van der Waals surface area contributed by atoms with Crippen LogP contribution in [-0.2, 0) is 0 Å². The number of nitrogens with two attached hydrogens (primary N) is 1. The van der Waals surface area contributed by atoms with E-state index in [1.54, 1.807) is 12.1 Å². The Morgan fingerprint density at radius 1 is 1.11 bits per heavy atom. The Morgan fingerprint density at radius 3 is 2.33 bits per heavy atom. The van der Waals surface area contributed by atoms with Crippen molar-refractivity contribution in [1.29, 1.82) is 0 Å². The van der Waals surface area contributed by atoms with Gasteiger partial charge in [-0.1, -0.05) is 18.2 Å². The summed E-state index contributed by atoms with van der Waals surface area (Å²) in [5.41, 5.74) is 6.54. The number of nitrogens with zero attached hydrogens (tertiary/aromatic N) is 1. The number of nitrogens with one attached hydrogen (secondary N) is 1. The number of hydrogen-bond donors (Lipinski definition) is 2. The molecule has 1 heterocycles. The summed E-state index contributed by atoms with van der Waals surface area (Å²) in [7, 11) is 0. The average Bonchev–Trinajstić information content (AvgIpc) is 2.35. The van der Waals surface area contributed by atoms with Gasteiger partial charge >= 0.3 is 0 Å². The summed E-state index contributed by atoms with van der Waals surface area (Å²) in [5.74, 6) is 5.35. The topological polar surface area (TPSA) is 50.9 Å². The van der Waals surface area contributed by atoms with Crippen LogP contribution in [0.4, 0.5) is 4.39 Å². The number of hydrazine groups is 1. The van der Waals surface area contributed by atoms with Crippen molar-refractivity contribution in [2.45, 2.75) is 19.9 Å². The maximum atomic E-state index is 12.9. The lowest BCUT2D eigenvalue weighted by atomic mass is 9.98. The van der Waals surface area contributed by atoms with E-state index >= 15 is 0 Å². The van der Waals surface area contributed by atoms with Crippen LogP contribution in [0, 0.1) is 19.7 Å². The molecule has 94 valence electrons. The molecule has 0 spiro atoms. The fraction of sp³-hybridized carbons (Fsp3) is 0.214. The first-order chi connectivity index (χ1) is 8.61. The van der Waals surface area contributed by atoms with Crippen molar-refractivity contribution in [3.63, 3.8) is 0 Å². The highest BCUT2D eigenvalue weighted by atomic mass is 19.1. The molecular formula is C14H16FN3. The molecule has 0 radical (unpaired) electrons. The third-order valence-corrected chi connectivity index (χ3v) is 2.95. The smallest absolute Gasteiger partial charge is 0.123 e. The molecule has 3 N–H and O–H groups in total. The highest BCUT2D eigenvalue weighted by molar-refractivity contribution is 5.34. The lowest BCUT2D eigenvalue weighted by Gasteiger charge is -2.18. The quantitative estimate of drug-likeness (QED) is 0.645. The Morgan fingerprint density at radius 2 is 1.78 bits per heavy atom. The molecular weight excluding hydrogens is 229 g/mol. The van der Waals surface area contributed by atoms with Gasteiger partial charge in [-0.05, 0) is 43.2 Å². The van der Waals surface area contributed by atoms with Gasteiger partial charge in [0.05, 0.1) is 6.04 Å². The van der Waals surface area contributed by atoms with Crippen LogP contribution < -0.4 is 11.3 Å². The van der Waals surface area contributed by atoms with E-state index in [-0.39, 0.29) is 11.9 Å². The summed E-state index contributed by atoms with van der Waals surface area (Å²) in [6, 6.07) is 10.0. The zero-order valence-electron chi connectivity index (χ0n) is 10.4. The molecule has 1 unspecified atom stereocenters. The second-order valence-corrected chi connectivity index (χ2v) is 4.28. The molecule has 4 heteroatoms. The predicted molar refractivity (Wildman–Crippen MR) is 69.3 cm³/mol. The largest absolute Gasteiger partial charge is 0.271 e. The van der Waals surface area contributed by atoms with Gasteiger partial charge in [0.2, 0.25) is 0 Å². The van der Waals surface area contributed by atoms with E-state index in [4.69, 9.17) is 5.84 Å². The molecule has 18 heavy (non-hydrogen) atoms.